The molecule has 7 heteroatoms. The summed E-state index contributed by atoms with van der Waals surface area (Å²) < 4.78 is 1.80. The Morgan fingerprint density at radius 1 is 1.17 bits per heavy atom. The lowest BCUT2D eigenvalue weighted by molar-refractivity contribution is 0.620. The molecule has 4 rings (SSSR count). The molecule has 0 spiro atoms. The largest absolute Gasteiger partial charge is 0.370 e. The maximum atomic E-state index is 4.67. The molecule has 1 saturated heterocycles. The van der Waals surface area contributed by atoms with Gasteiger partial charge in [0, 0.05) is 25.3 Å². The number of aryl methyl sites for hydroxylation is 2. The first-order chi connectivity index (χ1) is 11.7. The van der Waals surface area contributed by atoms with Crippen LogP contribution in [-0.4, -0.2) is 44.4 Å². The van der Waals surface area contributed by atoms with Crippen molar-refractivity contribution in [2.24, 2.45) is 5.92 Å². The molecule has 3 aromatic heterocycles. The van der Waals surface area contributed by atoms with Crippen LogP contribution in [0, 0.1) is 19.8 Å². The van der Waals surface area contributed by atoms with Crippen LogP contribution in [0.5, 0.6) is 0 Å². The fourth-order valence-corrected chi connectivity index (χ4v) is 3.15. The molecule has 0 saturated carbocycles. The van der Waals surface area contributed by atoms with Gasteiger partial charge < -0.3 is 10.2 Å². The molecule has 0 aromatic carbocycles. The van der Waals surface area contributed by atoms with Crippen LogP contribution >= 0.6 is 0 Å². The molecule has 24 heavy (non-hydrogen) atoms. The SMILES string of the molecule is Cc1cccc(NCC2CCN(c3ccc4nnc(C)n4n3)C2)n1. The van der Waals surface area contributed by atoms with Gasteiger partial charge in [-0.05, 0) is 50.5 Å². The Hall–Kier alpha value is -2.70. The number of nitrogens with zero attached hydrogens (tertiary/aromatic N) is 6. The molecule has 7 nitrogen and oxygen atoms in total. The number of hydrogen-bond acceptors (Lipinski definition) is 6. The van der Waals surface area contributed by atoms with E-state index in [0.717, 1.165) is 54.9 Å². The smallest absolute Gasteiger partial charge is 0.178 e. The summed E-state index contributed by atoms with van der Waals surface area (Å²) in [6.07, 6.45) is 1.15. The van der Waals surface area contributed by atoms with E-state index in [1.807, 2.05) is 44.2 Å². The summed E-state index contributed by atoms with van der Waals surface area (Å²) in [6, 6.07) is 10.1. The van der Waals surface area contributed by atoms with Crippen LogP contribution in [0.3, 0.4) is 0 Å². The van der Waals surface area contributed by atoms with Gasteiger partial charge in [-0.3, -0.25) is 0 Å². The Morgan fingerprint density at radius 3 is 2.96 bits per heavy atom. The summed E-state index contributed by atoms with van der Waals surface area (Å²) in [5, 5.41) is 16.3. The molecule has 0 bridgehead atoms. The second-order valence-corrected chi connectivity index (χ2v) is 6.35. The summed E-state index contributed by atoms with van der Waals surface area (Å²) >= 11 is 0. The molecule has 1 N–H and O–H groups in total. The minimum Gasteiger partial charge on any atom is -0.370 e. The summed E-state index contributed by atoms with van der Waals surface area (Å²) in [7, 11) is 0. The van der Waals surface area contributed by atoms with E-state index in [2.05, 4.69) is 30.5 Å². The lowest BCUT2D eigenvalue weighted by atomic mass is 10.1. The van der Waals surface area contributed by atoms with Gasteiger partial charge in [0.2, 0.25) is 0 Å². The van der Waals surface area contributed by atoms with Gasteiger partial charge in [-0.15, -0.1) is 15.3 Å². The minimum atomic E-state index is 0.590. The van der Waals surface area contributed by atoms with Crippen molar-refractivity contribution in [2.45, 2.75) is 20.3 Å². The molecule has 124 valence electrons. The Bertz CT molecular complexity index is 857. The lowest BCUT2D eigenvalue weighted by Gasteiger charge is -2.17. The molecule has 1 fully saturated rings. The Labute approximate surface area is 140 Å². The van der Waals surface area contributed by atoms with Gasteiger partial charge in [0.1, 0.15) is 11.6 Å². The van der Waals surface area contributed by atoms with Gasteiger partial charge in [0.05, 0.1) is 0 Å². The first-order valence-corrected chi connectivity index (χ1v) is 8.30. The van der Waals surface area contributed by atoms with E-state index in [4.69, 9.17) is 0 Å². The summed E-state index contributed by atoms with van der Waals surface area (Å²) in [5.41, 5.74) is 1.83. The molecule has 0 radical (unpaired) electrons. The third-order valence-electron chi connectivity index (χ3n) is 4.47. The number of fused-ring (bicyclic) bond motifs is 1. The van der Waals surface area contributed by atoms with E-state index < -0.39 is 0 Å². The Morgan fingerprint density at radius 2 is 2.08 bits per heavy atom. The second kappa shape index (κ2) is 6.07. The van der Waals surface area contributed by atoms with Crippen molar-refractivity contribution in [2.75, 3.05) is 29.9 Å². The van der Waals surface area contributed by atoms with E-state index in [1.54, 1.807) is 4.52 Å². The topological polar surface area (TPSA) is 71.2 Å². The summed E-state index contributed by atoms with van der Waals surface area (Å²) in [5.74, 6) is 3.34. The average Bonchev–Trinajstić information content (AvgIpc) is 3.20. The maximum Gasteiger partial charge on any atom is 0.178 e. The highest BCUT2D eigenvalue weighted by Gasteiger charge is 2.24. The van der Waals surface area contributed by atoms with Crippen LogP contribution in [0.15, 0.2) is 30.3 Å². The van der Waals surface area contributed by atoms with Crippen molar-refractivity contribution in [1.82, 2.24) is 24.8 Å². The first-order valence-electron chi connectivity index (χ1n) is 8.30. The Balaban J connectivity index is 1.41. The number of rotatable bonds is 4. The van der Waals surface area contributed by atoms with Crippen molar-refractivity contribution >= 4 is 17.3 Å². The quantitative estimate of drug-likeness (QED) is 0.792. The van der Waals surface area contributed by atoms with Gasteiger partial charge in [-0.2, -0.15) is 4.52 Å². The minimum absolute atomic E-state index is 0.590. The van der Waals surface area contributed by atoms with E-state index >= 15 is 0 Å². The third-order valence-corrected chi connectivity index (χ3v) is 4.47. The van der Waals surface area contributed by atoms with Gasteiger partial charge in [0.15, 0.2) is 11.5 Å². The van der Waals surface area contributed by atoms with E-state index in [1.165, 1.54) is 0 Å². The van der Waals surface area contributed by atoms with Crippen molar-refractivity contribution in [3.63, 3.8) is 0 Å². The molecular formula is C17H21N7. The normalized spacial score (nSPS) is 17.6. The van der Waals surface area contributed by atoms with Crippen LogP contribution in [0.4, 0.5) is 11.6 Å². The van der Waals surface area contributed by atoms with Gasteiger partial charge in [0.25, 0.3) is 0 Å². The second-order valence-electron chi connectivity index (χ2n) is 6.35. The maximum absolute atomic E-state index is 4.67. The van der Waals surface area contributed by atoms with Gasteiger partial charge in [-0.25, -0.2) is 4.98 Å². The van der Waals surface area contributed by atoms with Crippen LogP contribution in [0.25, 0.3) is 5.65 Å². The van der Waals surface area contributed by atoms with Crippen molar-refractivity contribution in [3.8, 4) is 0 Å². The van der Waals surface area contributed by atoms with Crippen molar-refractivity contribution in [3.05, 3.63) is 41.9 Å². The number of nitrogens with one attached hydrogen (secondary N) is 1. The zero-order chi connectivity index (χ0) is 16.5. The molecule has 4 heterocycles. The number of pyridine rings is 1. The van der Waals surface area contributed by atoms with E-state index in [-0.39, 0.29) is 0 Å². The highest BCUT2D eigenvalue weighted by atomic mass is 15.4. The van der Waals surface area contributed by atoms with Crippen LogP contribution in [0.2, 0.25) is 0 Å². The predicted octanol–water partition coefficient (Wildman–Crippen LogP) is 2.07. The van der Waals surface area contributed by atoms with Crippen molar-refractivity contribution < 1.29 is 0 Å². The summed E-state index contributed by atoms with van der Waals surface area (Å²) in [4.78, 5) is 6.82. The zero-order valence-electron chi connectivity index (χ0n) is 14.0. The molecule has 1 aliphatic rings. The predicted molar refractivity (Wildman–Crippen MR) is 93.3 cm³/mol. The van der Waals surface area contributed by atoms with Crippen LogP contribution in [-0.2, 0) is 0 Å². The first kappa shape index (κ1) is 14.9. The molecule has 1 aliphatic heterocycles. The third kappa shape index (κ3) is 2.89. The highest BCUT2D eigenvalue weighted by Crippen LogP contribution is 2.22. The zero-order valence-corrected chi connectivity index (χ0v) is 14.0. The van der Waals surface area contributed by atoms with E-state index in [9.17, 15) is 0 Å². The molecular weight excluding hydrogens is 302 g/mol. The van der Waals surface area contributed by atoms with Gasteiger partial charge >= 0.3 is 0 Å². The fraction of sp³-hybridized carbons (Fsp3) is 0.412. The molecule has 3 aromatic rings. The average molecular weight is 323 g/mol. The van der Waals surface area contributed by atoms with Gasteiger partial charge in [-0.1, -0.05) is 6.07 Å². The number of hydrogen-bond donors (Lipinski definition) is 1. The summed E-state index contributed by atoms with van der Waals surface area (Å²) in [6.45, 7) is 6.88. The Kier molecular flexibility index (Phi) is 3.76. The fourth-order valence-electron chi connectivity index (χ4n) is 3.15. The van der Waals surface area contributed by atoms with Crippen LogP contribution < -0.4 is 10.2 Å². The van der Waals surface area contributed by atoms with E-state index in [0.29, 0.717) is 5.92 Å². The lowest BCUT2D eigenvalue weighted by Crippen LogP contribution is -2.24. The molecule has 0 aliphatic carbocycles. The van der Waals surface area contributed by atoms with Crippen LogP contribution in [0.1, 0.15) is 17.9 Å². The van der Waals surface area contributed by atoms with Crippen molar-refractivity contribution in [1.29, 1.82) is 0 Å². The molecule has 0 amide bonds. The molecule has 1 atom stereocenters. The molecule has 1 unspecified atom stereocenters. The monoisotopic (exact) mass is 323 g/mol. The standard InChI is InChI=1S/C17H21N7/c1-12-4-3-5-15(19-12)18-10-14-8-9-23(11-14)17-7-6-16-21-20-13(2)24(16)22-17/h3-7,14H,8-11H2,1-2H3,(H,18,19). The number of aromatic nitrogens is 5. The number of anilines is 2. The highest BCUT2D eigenvalue weighted by molar-refractivity contribution is 5.46.